The number of nitrogens with one attached hydrogen (secondary N) is 1. The lowest BCUT2D eigenvalue weighted by atomic mass is 10.1. The average molecular weight is 322 g/mol. The highest BCUT2D eigenvalue weighted by Crippen LogP contribution is 2.19. The number of nitrogens with zero attached hydrogens (tertiary/aromatic N) is 2. The molecule has 2 rings (SSSR count). The van der Waals surface area contributed by atoms with Crippen molar-refractivity contribution in [2.24, 2.45) is 7.05 Å². The van der Waals surface area contributed by atoms with Crippen molar-refractivity contribution in [3.05, 3.63) is 51.8 Å². The summed E-state index contributed by atoms with van der Waals surface area (Å²) in [6.07, 6.45) is 0.815. The van der Waals surface area contributed by atoms with Crippen molar-refractivity contribution >= 4 is 21.8 Å². The van der Waals surface area contributed by atoms with E-state index in [4.69, 9.17) is 0 Å². The van der Waals surface area contributed by atoms with E-state index in [2.05, 4.69) is 26.3 Å². The summed E-state index contributed by atoms with van der Waals surface area (Å²) >= 11 is 3.39. The summed E-state index contributed by atoms with van der Waals surface area (Å²) in [5, 5.41) is 7.08. The number of amides is 1. The van der Waals surface area contributed by atoms with Gasteiger partial charge in [0, 0.05) is 13.6 Å². The van der Waals surface area contributed by atoms with Crippen molar-refractivity contribution in [1.82, 2.24) is 15.1 Å². The standard InChI is InChI=1S/C14H16BrN3O/c1-10-12(15)13(17-18(10)2)14(19)16-9-8-11-6-4-3-5-7-11/h3-7H,8-9H2,1-2H3,(H,16,19). The molecule has 0 radical (unpaired) electrons. The molecule has 0 aliphatic rings. The lowest BCUT2D eigenvalue weighted by molar-refractivity contribution is 0.0947. The van der Waals surface area contributed by atoms with Crippen LogP contribution in [-0.4, -0.2) is 22.2 Å². The fourth-order valence-corrected chi connectivity index (χ4v) is 2.29. The summed E-state index contributed by atoms with van der Waals surface area (Å²) in [4.78, 5) is 12.0. The molecule has 0 bridgehead atoms. The predicted octanol–water partition coefficient (Wildman–Crippen LogP) is 2.46. The normalized spacial score (nSPS) is 10.5. The van der Waals surface area contributed by atoms with Crippen LogP contribution in [0.15, 0.2) is 34.8 Å². The van der Waals surface area contributed by atoms with Gasteiger partial charge in [0.2, 0.25) is 0 Å². The highest BCUT2D eigenvalue weighted by Gasteiger charge is 2.16. The van der Waals surface area contributed by atoms with E-state index in [1.807, 2.05) is 44.3 Å². The number of benzene rings is 1. The third-order valence-corrected chi connectivity index (χ3v) is 3.97. The first kappa shape index (κ1) is 13.8. The van der Waals surface area contributed by atoms with E-state index in [0.29, 0.717) is 12.2 Å². The number of aryl methyl sites for hydroxylation is 1. The number of carbonyl (C=O) groups excluding carboxylic acids is 1. The Kier molecular flexibility index (Phi) is 4.37. The van der Waals surface area contributed by atoms with Crippen molar-refractivity contribution in [3.63, 3.8) is 0 Å². The van der Waals surface area contributed by atoms with Gasteiger partial charge >= 0.3 is 0 Å². The van der Waals surface area contributed by atoms with Crippen molar-refractivity contribution < 1.29 is 4.79 Å². The molecule has 0 spiro atoms. The Morgan fingerprint density at radius 1 is 1.37 bits per heavy atom. The van der Waals surface area contributed by atoms with Gasteiger partial charge in [-0.05, 0) is 34.8 Å². The first-order chi connectivity index (χ1) is 9.09. The Balaban J connectivity index is 1.93. The van der Waals surface area contributed by atoms with Gasteiger partial charge in [0.05, 0.1) is 10.2 Å². The summed E-state index contributed by atoms with van der Waals surface area (Å²) in [6, 6.07) is 10.1. The number of halogens is 1. The Hall–Kier alpha value is -1.62. The molecule has 0 aliphatic heterocycles. The van der Waals surface area contributed by atoms with Gasteiger partial charge in [-0.3, -0.25) is 9.48 Å². The lowest BCUT2D eigenvalue weighted by Gasteiger charge is -2.03. The molecule has 0 fully saturated rings. The second-order valence-corrected chi connectivity index (χ2v) is 5.16. The molecule has 0 saturated heterocycles. The molecule has 2 aromatic rings. The molecule has 1 heterocycles. The van der Waals surface area contributed by atoms with Gasteiger partial charge in [-0.15, -0.1) is 0 Å². The fraction of sp³-hybridized carbons (Fsp3) is 0.286. The third kappa shape index (κ3) is 3.23. The van der Waals surface area contributed by atoms with Crippen LogP contribution in [-0.2, 0) is 13.5 Å². The lowest BCUT2D eigenvalue weighted by Crippen LogP contribution is -2.26. The minimum absolute atomic E-state index is 0.147. The average Bonchev–Trinajstić information content (AvgIpc) is 2.68. The van der Waals surface area contributed by atoms with Gasteiger partial charge in [0.1, 0.15) is 0 Å². The van der Waals surface area contributed by atoms with Gasteiger partial charge in [-0.1, -0.05) is 30.3 Å². The van der Waals surface area contributed by atoms with Gasteiger partial charge in [-0.2, -0.15) is 5.10 Å². The summed E-state index contributed by atoms with van der Waals surface area (Å²) in [5.74, 6) is -0.147. The maximum Gasteiger partial charge on any atom is 0.272 e. The highest BCUT2D eigenvalue weighted by atomic mass is 79.9. The van der Waals surface area contributed by atoms with Gasteiger partial charge in [-0.25, -0.2) is 0 Å². The van der Waals surface area contributed by atoms with E-state index in [1.165, 1.54) is 5.56 Å². The molecule has 5 heteroatoms. The van der Waals surface area contributed by atoms with Crippen LogP contribution >= 0.6 is 15.9 Å². The number of carbonyl (C=O) groups is 1. The van der Waals surface area contributed by atoms with Crippen molar-refractivity contribution in [1.29, 1.82) is 0 Å². The molecule has 1 N–H and O–H groups in total. The van der Waals surface area contributed by atoms with Crippen molar-refractivity contribution in [2.75, 3.05) is 6.54 Å². The molecule has 19 heavy (non-hydrogen) atoms. The SMILES string of the molecule is Cc1c(Br)c(C(=O)NCCc2ccccc2)nn1C. The van der Waals surface area contributed by atoms with Crippen LogP contribution in [0.1, 0.15) is 21.7 Å². The first-order valence-electron chi connectivity index (χ1n) is 6.11. The molecular weight excluding hydrogens is 306 g/mol. The Labute approximate surface area is 120 Å². The van der Waals surface area contributed by atoms with E-state index in [9.17, 15) is 4.79 Å². The monoisotopic (exact) mass is 321 g/mol. The van der Waals surface area contributed by atoms with E-state index >= 15 is 0 Å². The smallest absolute Gasteiger partial charge is 0.272 e. The van der Waals surface area contributed by atoms with Crippen LogP contribution in [0.3, 0.4) is 0 Å². The van der Waals surface area contributed by atoms with Crippen molar-refractivity contribution in [3.8, 4) is 0 Å². The largest absolute Gasteiger partial charge is 0.350 e. The van der Waals surface area contributed by atoms with Crippen LogP contribution in [0.5, 0.6) is 0 Å². The molecule has 100 valence electrons. The summed E-state index contributed by atoms with van der Waals surface area (Å²) in [6.45, 7) is 2.52. The number of rotatable bonds is 4. The molecule has 1 aromatic heterocycles. The van der Waals surface area contributed by atoms with E-state index in [-0.39, 0.29) is 5.91 Å². The van der Waals surface area contributed by atoms with Gasteiger partial charge in [0.15, 0.2) is 5.69 Å². The second kappa shape index (κ2) is 6.02. The maximum atomic E-state index is 12.0. The van der Waals surface area contributed by atoms with Crippen LogP contribution in [0, 0.1) is 6.92 Å². The van der Waals surface area contributed by atoms with E-state index in [0.717, 1.165) is 16.6 Å². The molecule has 0 aliphatic carbocycles. The summed E-state index contributed by atoms with van der Waals surface area (Å²) in [5.41, 5.74) is 2.58. The molecule has 0 atom stereocenters. The maximum absolute atomic E-state index is 12.0. The fourth-order valence-electron chi connectivity index (χ4n) is 1.78. The van der Waals surface area contributed by atoms with E-state index < -0.39 is 0 Å². The number of hydrogen-bond donors (Lipinski definition) is 1. The minimum atomic E-state index is -0.147. The zero-order valence-corrected chi connectivity index (χ0v) is 12.6. The first-order valence-corrected chi connectivity index (χ1v) is 6.90. The van der Waals surface area contributed by atoms with E-state index in [1.54, 1.807) is 4.68 Å². The number of aromatic nitrogens is 2. The second-order valence-electron chi connectivity index (χ2n) is 4.36. The number of hydrogen-bond acceptors (Lipinski definition) is 2. The molecule has 0 unspecified atom stereocenters. The Morgan fingerprint density at radius 3 is 2.63 bits per heavy atom. The molecular formula is C14H16BrN3O. The van der Waals surface area contributed by atoms with Crippen LogP contribution < -0.4 is 5.32 Å². The quantitative estimate of drug-likeness (QED) is 0.940. The topological polar surface area (TPSA) is 46.9 Å². The third-order valence-electron chi connectivity index (χ3n) is 3.02. The van der Waals surface area contributed by atoms with Gasteiger partial charge < -0.3 is 5.32 Å². The zero-order chi connectivity index (χ0) is 13.8. The summed E-state index contributed by atoms with van der Waals surface area (Å²) in [7, 11) is 1.82. The molecule has 0 saturated carbocycles. The molecule has 1 amide bonds. The Bertz CT molecular complexity index is 578. The molecule has 4 nitrogen and oxygen atoms in total. The predicted molar refractivity (Wildman–Crippen MR) is 78.1 cm³/mol. The van der Waals surface area contributed by atoms with Crippen LogP contribution in [0.2, 0.25) is 0 Å². The van der Waals surface area contributed by atoms with Crippen LogP contribution in [0.25, 0.3) is 0 Å². The molecule has 1 aromatic carbocycles. The highest BCUT2D eigenvalue weighted by molar-refractivity contribution is 9.10. The summed E-state index contributed by atoms with van der Waals surface area (Å²) < 4.78 is 2.45. The van der Waals surface area contributed by atoms with Crippen LogP contribution in [0.4, 0.5) is 0 Å². The van der Waals surface area contributed by atoms with Crippen molar-refractivity contribution in [2.45, 2.75) is 13.3 Å². The van der Waals surface area contributed by atoms with Gasteiger partial charge in [0.25, 0.3) is 5.91 Å². The zero-order valence-electron chi connectivity index (χ0n) is 11.0. The Morgan fingerprint density at radius 2 is 2.05 bits per heavy atom. The minimum Gasteiger partial charge on any atom is -0.350 e.